The monoisotopic (exact) mass is 546 g/mol. The minimum atomic E-state index is -0.513. The average molecular weight is 547 g/mol. The molecule has 1 N–H and O–H groups in total. The topological polar surface area (TPSA) is 107 Å². The van der Waals surface area contributed by atoms with Gasteiger partial charge in [-0.25, -0.2) is 4.68 Å². The van der Waals surface area contributed by atoms with E-state index in [1.54, 1.807) is 11.8 Å². The Morgan fingerprint density at radius 1 is 1.15 bits per heavy atom. The van der Waals surface area contributed by atoms with Gasteiger partial charge in [-0.2, -0.15) is 0 Å². The zero-order chi connectivity index (χ0) is 27.9. The van der Waals surface area contributed by atoms with Crippen molar-refractivity contribution < 1.29 is 14.2 Å². The lowest BCUT2D eigenvalue weighted by atomic mass is 10.0. The van der Waals surface area contributed by atoms with E-state index in [1.807, 2.05) is 31.2 Å². The number of fused-ring (bicyclic) bond motifs is 1. The van der Waals surface area contributed by atoms with Crippen LogP contribution in [0.4, 0.5) is 0 Å². The van der Waals surface area contributed by atoms with E-state index < -0.39 is 6.04 Å². The average Bonchev–Trinajstić information content (AvgIpc) is 3.66. The van der Waals surface area contributed by atoms with E-state index in [2.05, 4.69) is 56.6 Å². The highest BCUT2D eigenvalue weighted by Gasteiger charge is 2.33. The fourth-order valence-electron chi connectivity index (χ4n) is 5.34. The van der Waals surface area contributed by atoms with Gasteiger partial charge in [0.25, 0.3) is 5.56 Å². The summed E-state index contributed by atoms with van der Waals surface area (Å²) in [5, 5.41) is 13.7. The van der Waals surface area contributed by atoms with Crippen molar-refractivity contribution in [1.29, 1.82) is 0 Å². The first-order chi connectivity index (χ1) is 19.6. The third-order valence-electron chi connectivity index (χ3n) is 7.40. The maximum absolute atomic E-state index is 13.7. The normalized spacial score (nSPS) is 16.1. The lowest BCUT2D eigenvalue weighted by Gasteiger charge is -2.32. The summed E-state index contributed by atoms with van der Waals surface area (Å²) >= 11 is 0. The molecule has 3 heterocycles. The molecule has 0 saturated carbocycles. The van der Waals surface area contributed by atoms with E-state index in [4.69, 9.17) is 14.2 Å². The number of benzene rings is 2. The number of methoxy groups -OCH3 is 1. The fourth-order valence-corrected chi connectivity index (χ4v) is 5.34. The molecule has 2 aromatic carbocycles. The summed E-state index contributed by atoms with van der Waals surface area (Å²) in [6, 6.07) is 15.7. The molecular formula is C30H38N6O4. The second-order valence-electron chi connectivity index (χ2n) is 10.1. The Morgan fingerprint density at radius 3 is 2.70 bits per heavy atom. The van der Waals surface area contributed by atoms with Gasteiger partial charge in [0, 0.05) is 37.9 Å². The van der Waals surface area contributed by atoms with Crippen molar-refractivity contribution in [3.05, 3.63) is 81.4 Å². The summed E-state index contributed by atoms with van der Waals surface area (Å²) < 4.78 is 18.8. The third-order valence-corrected chi connectivity index (χ3v) is 7.40. The van der Waals surface area contributed by atoms with Crippen LogP contribution in [0, 0.1) is 0 Å². The van der Waals surface area contributed by atoms with Crippen LogP contribution in [0.3, 0.4) is 0 Å². The molecule has 2 aromatic heterocycles. The van der Waals surface area contributed by atoms with Gasteiger partial charge in [0.2, 0.25) is 0 Å². The highest BCUT2D eigenvalue weighted by Crippen LogP contribution is 2.31. The number of aromatic nitrogens is 5. The molecule has 4 aromatic rings. The van der Waals surface area contributed by atoms with Gasteiger partial charge >= 0.3 is 0 Å². The highest BCUT2D eigenvalue weighted by molar-refractivity contribution is 5.80. The smallest absolute Gasteiger partial charge is 0.253 e. The molecule has 2 atom stereocenters. The van der Waals surface area contributed by atoms with Gasteiger partial charge in [-0.1, -0.05) is 25.1 Å². The predicted octanol–water partition coefficient (Wildman–Crippen LogP) is 3.89. The molecule has 0 bridgehead atoms. The van der Waals surface area contributed by atoms with Crippen LogP contribution in [0.2, 0.25) is 0 Å². The van der Waals surface area contributed by atoms with Crippen LogP contribution in [0.5, 0.6) is 5.75 Å². The molecule has 1 aliphatic rings. The zero-order valence-corrected chi connectivity index (χ0v) is 23.5. The minimum Gasteiger partial charge on any atom is -0.494 e. The first kappa shape index (κ1) is 27.9. The highest BCUT2D eigenvalue weighted by atomic mass is 16.5. The Hall–Kier alpha value is -3.60. The van der Waals surface area contributed by atoms with Gasteiger partial charge in [0.1, 0.15) is 11.8 Å². The van der Waals surface area contributed by atoms with E-state index in [-0.39, 0.29) is 11.7 Å². The molecule has 0 aliphatic carbocycles. The first-order valence-electron chi connectivity index (χ1n) is 14.1. The summed E-state index contributed by atoms with van der Waals surface area (Å²) in [5.74, 6) is 1.42. The summed E-state index contributed by atoms with van der Waals surface area (Å²) in [5.41, 5.74) is 3.54. The van der Waals surface area contributed by atoms with Crippen molar-refractivity contribution in [1.82, 2.24) is 30.1 Å². The van der Waals surface area contributed by atoms with Crippen molar-refractivity contribution in [3.63, 3.8) is 0 Å². The number of hydrogen-bond acceptors (Lipinski definition) is 8. The molecule has 5 rings (SSSR count). The van der Waals surface area contributed by atoms with Crippen LogP contribution < -0.4 is 10.3 Å². The Balaban J connectivity index is 1.62. The fraction of sp³-hybridized carbons (Fsp3) is 0.467. The molecule has 10 heteroatoms. The molecular weight excluding hydrogens is 508 g/mol. The molecule has 1 aliphatic heterocycles. The summed E-state index contributed by atoms with van der Waals surface area (Å²) in [4.78, 5) is 19.1. The number of H-pyrrole nitrogens is 1. The maximum Gasteiger partial charge on any atom is 0.253 e. The Labute approximate surface area is 234 Å². The second kappa shape index (κ2) is 13.2. The number of ether oxygens (including phenoxy) is 3. The van der Waals surface area contributed by atoms with E-state index in [0.29, 0.717) is 44.2 Å². The van der Waals surface area contributed by atoms with Crippen LogP contribution in [0.25, 0.3) is 10.9 Å². The molecule has 40 heavy (non-hydrogen) atoms. The van der Waals surface area contributed by atoms with E-state index in [0.717, 1.165) is 48.1 Å². The van der Waals surface area contributed by atoms with Crippen molar-refractivity contribution in [2.75, 3.05) is 33.5 Å². The van der Waals surface area contributed by atoms with E-state index in [9.17, 15) is 4.79 Å². The zero-order valence-electron chi connectivity index (χ0n) is 23.5. The number of tetrazole rings is 1. The van der Waals surface area contributed by atoms with Crippen LogP contribution in [0.15, 0.2) is 53.3 Å². The number of aromatic amines is 1. The Morgan fingerprint density at radius 2 is 1.98 bits per heavy atom. The van der Waals surface area contributed by atoms with Gasteiger partial charge in [-0.3, -0.25) is 9.69 Å². The van der Waals surface area contributed by atoms with Crippen molar-refractivity contribution in [2.45, 2.75) is 58.3 Å². The first-order valence-corrected chi connectivity index (χ1v) is 14.1. The molecule has 0 amide bonds. The Kier molecular flexibility index (Phi) is 9.20. The molecule has 1 fully saturated rings. The van der Waals surface area contributed by atoms with Gasteiger partial charge in [0.15, 0.2) is 5.82 Å². The summed E-state index contributed by atoms with van der Waals surface area (Å²) in [7, 11) is 1.65. The molecule has 0 radical (unpaired) electrons. The van der Waals surface area contributed by atoms with Crippen molar-refractivity contribution >= 4 is 10.9 Å². The van der Waals surface area contributed by atoms with Gasteiger partial charge in [0.05, 0.1) is 25.9 Å². The summed E-state index contributed by atoms with van der Waals surface area (Å²) in [6.45, 7) is 7.57. The summed E-state index contributed by atoms with van der Waals surface area (Å²) in [6.07, 6.45) is 2.95. The molecule has 212 valence electrons. The molecule has 1 saturated heterocycles. The van der Waals surface area contributed by atoms with Crippen molar-refractivity contribution in [3.8, 4) is 5.75 Å². The predicted molar refractivity (Wildman–Crippen MR) is 152 cm³/mol. The molecule has 0 spiro atoms. The van der Waals surface area contributed by atoms with Gasteiger partial charge in [-0.05, 0) is 83.5 Å². The third kappa shape index (κ3) is 6.41. The lowest BCUT2D eigenvalue weighted by molar-refractivity contribution is 0.0569. The lowest BCUT2D eigenvalue weighted by Crippen LogP contribution is -2.39. The SMILES string of the molecule is CCOc1ccc(CN(C[C@H]2CCCO2)[C@H](c2cc3cc(CC)ccc3[nH]c2=O)c2nnnn2CCOC)cc1. The van der Waals surface area contributed by atoms with Crippen LogP contribution in [0.1, 0.15) is 55.2 Å². The largest absolute Gasteiger partial charge is 0.494 e. The van der Waals surface area contributed by atoms with E-state index in [1.165, 1.54) is 5.56 Å². The Bertz CT molecular complexity index is 1440. The number of rotatable bonds is 13. The maximum atomic E-state index is 13.7. The van der Waals surface area contributed by atoms with Gasteiger partial charge in [-0.15, -0.1) is 5.10 Å². The van der Waals surface area contributed by atoms with Crippen LogP contribution >= 0.6 is 0 Å². The van der Waals surface area contributed by atoms with Gasteiger partial charge < -0.3 is 19.2 Å². The number of nitrogens with zero attached hydrogens (tertiary/aromatic N) is 5. The number of pyridine rings is 1. The number of nitrogens with one attached hydrogen (secondary N) is 1. The molecule has 10 nitrogen and oxygen atoms in total. The van der Waals surface area contributed by atoms with Crippen molar-refractivity contribution in [2.24, 2.45) is 0 Å². The number of aryl methyl sites for hydroxylation is 1. The number of hydrogen-bond donors (Lipinski definition) is 1. The minimum absolute atomic E-state index is 0.0553. The standard InChI is InChI=1S/C30H38N6O4/c1-4-21-10-13-27-23(17-21)18-26(30(37)31-27)28(29-32-33-34-36(29)14-16-38-3)35(20-25-7-6-15-40-25)19-22-8-11-24(12-9-22)39-5-2/h8-13,17-18,25,28H,4-7,14-16,19-20H2,1-3H3,(H,31,37)/t25-,28-/m1/s1. The van der Waals surface area contributed by atoms with Crippen LogP contribution in [-0.4, -0.2) is 69.7 Å². The second-order valence-corrected chi connectivity index (χ2v) is 10.1. The van der Waals surface area contributed by atoms with Crippen LogP contribution in [-0.2, 0) is 29.0 Å². The quantitative estimate of drug-likeness (QED) is 0.269. The van der Waals surface area contributed by atoms with E-state index >= 15 is 0 Å². The molecule has 0 unspecified atom stereocenters.